The third kappa shape index (κ3) is 4.29. The molecule has 1 amide bonds. The minimum Gasteiger partial charge on any atom is -0.481 e. The molecule has 0 saturated heterocycles. The minimum atomic E-state index is -1.26. The predicted molar refractivity (Wildman–Crippen MR) is 80.0 cm³/mol. The molecule has 0 aliphatic heterocycles. The number of carboxylic acids is 1. The Kier molecular flexibility index (Phi) is 6.37. The number of hydrogen-bond acceptors (Lipinski definition) is 3. The van der Waals surface area contributed by atoms with Gasteiger partial charge < -0.3 is 15.1 Å². The predicted octanol–water partition coefficient (Wildman–Crippen LogP) is 1.65. The number of carbonyl (C=O) groups is 2. The van der Waals surface area contributed by atoms with E-state index in [-0.39, 0.29) is 25.5 Å². The number of benzene rings is 1. The van der Waals surface area contributed by atoms with Crippen molar-refractivity contribution >= 4 is 11.9 Å². The fourth-order valence-corrected chi connectivity index (χ4v) is 2.27. The highest BCUT2D eigenvalue weighted by atomic mass is 16.4. The molecule has 0 spiro atoms. The summed E-state index contributed by atoms with van der Waals surface area (Å²) in [7, 11) is 0. The van der Waals surface area contributed by atoms with Crippen molar-refractivity contribution < 1.29 is 19.8 Å². The molecule has 5 nitrogen and oxygen atoms in total. The number of aliphatic carboxylic acids is 1. The first-order valence-electron chi connectivity index (χ1n) is 7.13. The summed E-state index contributed by atoms with van der Waals surface area (Å²) < 4.78 is 0. The maximum absolute atomic E-state index is 12.4. The van der Waals surface area contributed by atoms with Gasteiger partial charge in [0.1, 0.15) is 0 Å². The van der Waals surface area contributed by atoms with E-state index < -0.39 is 11.4 Å². The zero-order valence-corrected chi connectivity index (χ0v) is 12.6. The Balaban J connectivity index is 2.97. The minimum absolute atomic E-state index is 0.119. The van der Waals surface area contributed by atoms with Crippen molar-refractivity contribution in [1.82, 2.24) is 4.90 Å². The van der Waals surface area contributed by atoms with Crippen molar-refractivity contribution in [3.63, 3.8) is 0 Å². The van der Waals surface area contributed by atoms with Crippen molar-refractivity contribution in [3.05, 3.63) is 35.9 Å². The molecule has 0 fully saturated rings. The second-order valence-electron chi connectivity index (χ2n) is 5.28. The van der Waals surface area contributed by atoms with Gasteiger partial charge in [0.2, 0.25) is 5.91 Å². The molecule has 0 radical (unpaired) electrons. The van der Waals surface area contributed by atoms with Crippen LogP contribution in [0.25, 0.3) is 0 Å². The van der Waals surface area contributed by atoms with Gasteiger partial charge >= 0.3 is 5.97 Å². The molecule has 1 aromatic carbocycles. The van der Waals surface area contributed by atoms with Crippen LogP contribution >= 0.6 is 0 Å². The van der Waals surface area contributed by atoms with Crippen LogP contribution in [0.15, 0.2) is 30.3 Å². The summed E-state index contributed by atoms with van der Waals surface area (Å²) in [5.74, 6) is -1.28. The summed E-state index contributed by atoms with van der Waals surface area (Å²) in [6.07, 6.45) is 0.646. The van der Waals surface area contributed by atoms with Gasteiger partial charge in [0.05, 0.1) is 12.0 Å². The number of hydrogen-bond donors (Lipinski definition) is 2. The fourth-order valence-electron chi connectivity index (χ4n) is 2.27. The molecule has 21 heavy (non-hydrogen) atoms. The monoisotopic (exact) mass is 293 g/mol. The number of carboxylic acid groups (broad SMARTS) is 1. The van der Waals surface area contributed by atoms with Gasteiger partial charge in [-0.15, -0.1) is 0 Å². The number of rotatable bonds is 8. The molecule has 116 valence electrons. The molecule has 5 heteroatoms. The molecule has 0 bridgehead atoms. The Morgan fingerprint density at radius 2 is 1.81 bits per heavy atom. The van der Waals surface area contributed by atoms with Gasteiger partial charge in [-0.2, -0.15) is 0 Å². The van der Waals surface area contributed by atoms with Gasteiger partial charge in [-0.3, -0.25) is 9.59 Å². The zero-order chi connectivity index (χ0) is 15.9. The summed E-state index contributed by atoms with van der Waals surface area (Å²) in [6, 6.07) is 8.77. The summed E-state index contributed by atoms with van der Waals surface area (Å²) in [6.45, 7) is 4.12. The summed E-state index contributed by atoms with van der Waals surface area (Å²) in [5, 5.41) is 18.6. The second-order valence-corrected chi connectivity index (χ2v) is 5.28. The van der Waals surface area contributed by atoms with E-state index in [1.807, 2.05) is 13.0 Å². The van der Waals surface area contributed by atoms with Crippen LogP contribution in [0.1, 0.15) is 32.3 Å². The van der Waals surface area contributed by atoms with E-state index in [0.29, 0.717) is 12.1 Å². The summed E-state index contributed by atoms with van der Waals surface area (Å²) >= 11 is 0. The first kappa shape index (κ1) is 17.2. The first-order chi connectivity index (χ1) is 9.95. The highest BCUT2D eigenvalue weighted by Crippen LogP contribution is 2.28. The van der Waals surface area contributed by atoms with Gasteiger partial charge in [0.15, 0.2) is 0 Å². The Bertz CT molecular complexity index is 468. The molecule has 0 heterocycles. The molecule has 0 aliphatic carbocycles. The van der Waals surface area contributed by atoms with Crippen LogP contribution in [0, 0.1) is 0 Å². The van der Waals surface area contributed by atoms with Crippen LogP contribution < -0.4 is 0 Å². The lowest BCUT2D eigenvalue weighted by molar-refractivity contribution is -0.147. The van der Waals surface area contributed by atoms with Crippen molar-refractivity contribution in [2.24, 2.45) is 0 Å². The van der Waals surface area contributed by atoms with Crippen LogP contribution in [-0.2, 0) is 15.0 Å². The summed E-state index contributed by atoms with van der Waals surface area (Å²) in [5.41, 5.74) is -0.661. The zero-order valence-electron chi connectivity index (χ0n) is 12.6. The molecule has 1 aromatic rings. The van der Waals surface area contributed by atoms with E-state index in [4.69, 9.17) is 5.11 Å². The van der Waals surface area contributed by atoms with Crippen LogP contribution in [0.2, 0.25) is 0 Å². The van der Waals surface area contributed by atoms with Crippen LogP contribution in [0.3, 0.4) is 0 Å². The Morgan fingerprint density at radius 1 is 1.19 bits per heavy atom. The molecule has 1 rings (SSSR count). The van der Waals surface area contributed by atoms with Gasteiger partial charge in [0.25, 0.3) is 0 Å². The first-order valence-corrected chi connectivity index (χ1v) is 7.13. The largest absolute Gasteiger partial charge is 0.481 e. The van der Waals surface area contributed by atoms with Gasteiger partial charge in [0, 0.05) is 19.5 Å². The second kappa shape index (κ2) is 7.78. The lowest BCUT2D eigenvalue weighted by Gasteiger charge is -2.29. The standard InChI is InChI=1S/C16H23NO4/c1-3-9-17(10-11-18)14(19)12-16(2,15(20)21)13-7-5-4-6-8-13/h4-8,18H,3,9-12H2,1-2H3,(H,20,21). The van der Waals surface area contributed by atoms with Crippen LogP contribution in [-0.4, -0.2) is 46.7 Å². The summed E-state index contributed by atoms with van der Waals surface area (Å²) in [4.78, 5) is 25.6. The molecule has 1 unspecified atom stereocenters. The third-order valence-electron chi connectivity index (χ3n) is 3.60. The molecule has 0 saturated carbocycles. The van der Waals surface area contributed by atoms with E-state index in [9.17, 15) is 14.7 Å². The Morgan fingerprint density at radius 3 is 2.29 bits per heavy atom. The molecule has 1 atom stereocenters. The van der Waals surface area contributed by atoms with Crippen molar-refractivity contribution in [2.75, 3.05) is 19.7 Å². The molecule has 2 N–H and O–H groups in total. The molecule has 0 aromatic heterocycles. The van der Waals surface area contributed by atoms with Crippen molar-refractivity contribution in [2.45, 2.75) is 32.1 Å². The SMILES string of the molecule is CCCN(CCO)C(=O)CC(C)(C(=O)O)c1ccccc1. The van der Waals surface area contributed by atoms with E-state index in [1.165, 1.54) is 4.90 Å². The number of nitrogens with zero attached hydrogens (tertiary/aromatic N) is 1. The van der Waals surface area contributed by atoms with E-state index in [2.05, 4.69) is 0 Å². The van der Waals surface area contributed by atoms with Crippen LogP contribution in [0.4, 0.5) is 0 Å². The fraction of sp³-hybridized carbons (Fsp3) is 0.500. The number of aliphatic hydroxyl groups excluding tert-OH is 1. The smallest absolute Gasteiger partial charge is 0.314 e. The van der Waals surface area contributed by atoms with Crippen LogP contribution in [0.5, 0.6) is 0 Å². The number of carbonyl (C=O) groups excluding carboxylic acids is 1. The van der Waals surface area contributed by atoms with E-state index in [1.54, 1.807) is 31.2 Å². The quantitative estimate of drug-likeness (QED) is 0.764. The Hall–Kier alpha value is -1.88. The maximum Gasteiger partial charge on any atom is 0.314 e. The lowest BCUT2D eigenvalue weighted by Crippen LogP contribution is -2.42. The highest BCUT2D eigenvalue weighted by molar-refractivity contribution is 5.89. The Labute approximate surface area is 125 Å². The van der Waals surface area contributed by atoms with Gasteiger partial charge in [-0.25, -0.2) is 0 Å². The molecular weight excluding hydrogens is 270 g/mol. The van der Waals surface area contributed by atoms with Crippen molar-refractivity contribution in [3.8, 4) is 0 Å². The van der Waals surface area contributed by atoms with E-state index in [0.717, 1.165) is 6.42 Å². The average molecular weight is 293 g/mol. The normalized spacial score (nSPS) is 13.5. The number of aliphatic hydroxyl groups is 1. The lowest BCUT2D eigenvalue weighted by atomic mass is 9.79. The maximum atomic E-state index is 12.4. The molecule has 0 aliphatic rings. The number of amides is 1. The molecular formula is C16H23NO4. The van der Waals surface area contributed by atoms with Gasteiger partial charge in [-0.05, 0) is 18.9 Å². The average Bonchev–Trinajstić information content (AvgIpc) is 2.47. The topological polar surface area (TPSA) is 77.8 Å². The third-order valence-corrected chi connectivity index (χ3v) is 3.60. The van der Waals surface area contributed by atoms with Gasteiger partial charge in [-0.1, -0.05) is 37.3 Å². The van der Waals surface area contributed by atoms with Crippen molar-refractivity contribution in [1.29, 1.82) is 0 Å². The highest BCUT2D eigenvalue weighted by Gasteiger charge is 2.38. The van der Waals surface area contributed by atoms with E-state index >= 15 is 0 Å².